The van der Waals surface area contributed by atoms with Crippen LogP contribution in [0.3, 0.4) is 0 Å². The molecule has 94 valence electrons. The van der Waals surface area contributed by atoms with Crippen LogP contribution < -0.4 is 4.74 Å². The van der Waals surface area contributed by atoms with Crippen LogP contribution in [0.2, 0.25) is 0 Å². The van der Waals surface area contributed by atoms with Gasteiger partial charge in [0.25, 0.3) is 0 Å². The van der Waals surface area contributed by atoms with Gasteiger partial charge >= 0.3 is 0 Å². The number of halogens is 1. The molecule has 0 aliphatic carbocycles. The summed E-state index contributed by atoms with van der Waals surface area (Å²) < 4.78 is 23.8. The van der Waals surface area contributed by atoms with Crippen LogP contribution in [-0.2, 0) is 4.74 Å². The highest BCUT2D eigenvalue weighted by Crippen LogP contribution is 2.28. The third-order valence-electron chi connectivity index (χ3n) is 2.71. The fraction of sp³-hybridized carbons (Fsp3) is 0.500. The molecule has 1 aromatic rings. The van der Waals surface area contributed by atoms with E-state index in [1.165, 1.54) is 19.2 Å². The van der Waals surface area contributed by atoms with Crippen molar-refractivity contribution >= 4 is 11.8 Å². The second-order valence-corrected chi connectivity index (χ2v) is 4.97. The first kappa shape index (κ1) is 12.7. The van der Waals surface area contributed by atoms with E-state index in [2.05, 4.69) is 0 Å². The minimum absolute atomic E-state index is 0.180. The lowest BCUT2D eigenvalue weighted by molar-refractivity contribution is -0.0228. The van der Waals surface area contributed by atoms with Crippen molar-refractivity contribution in [3.63, 3.8) is 0 Å². The fourth-order valence-electron chi connectivity index (χ4n) is 1.77. The first-order valence-electron chi connectivity index (χ1n) is 5.43. The van der Waals surface area contributed by atoms with Gasteiger partial charge in [-0.3, -0.25) is 0 Å². The van der Waals surface area contributed by atoms with Crippen molar-refractivity contribution < 1.29 is 19.0 Å². The van der Waals surface area contributed by atoms with Crippen molar-refractivity contribution in [1.29, 1.82) is 0 Å². The molecule has 1 heterocycles. The van der Waals surface area contributed by atoms with Gasteiger partial charge in [-0.05, 0) is 17.7 Å². The number of hydrogen-bond acceptors (Lipinski definition) is 4. The molecule has 0 radical (unpaired) electrons. The molecule has 0 amide bonds. The van der Waals surface area contributed by atoms with E-state index in [4.69, 9.17) is 9.47 Å². The van der Waals surface area contributed by atoms with Crippen LogP contribution in [0.1, 0.15) is 11.7 Å². The van der Waals surface area contributed by atoms with Crippen LogP contribution in [-0.4, -0.2) is 36.4 Å². The van der Waals surface area contributed by atoms with Crippen molar-refractivity contribution in [3.05, 3.63) is 29.6 Å². The molecule has 2 unspecified atom stereocenters. The summed E-state index contributed by atoms with van der Waals surface area (Å²) in [5.74, 6) is 1.39. The molecule has 0 aromatic heterocycles. The lowest BCUT2D eigenvalue weighted by Crippen LogP contribution is -2.29. The molecule has 0 spiro atoms. The van der Waals surface area contributed by atoms with Gasteiger partial charge in [0.15, 0.2) is 11.6 Å². The van der Waals surface area contributed by atoms with Gasteiger partial charge in [0.1, 0.15) is 6.10 Å². The summed E-state index contributed by atoms with van der Waals surface area (Å²) in [7, 11) is 1.41. The maximum atomic E-state index is 13.5. The Morgan fingerprint density at radius 2 is 2.41 bits per heavy atom. The summed E-state index contributed by atoms with van der Waals surface area (Å²) in [6.45, 7) is 0.630. The maximum absolute atomic E-state index is 13.5. The third-order valence-corrected chi connectivity index (χ3v) is 3.73. The van der Waals surface area contributed by atoms with E-state index in [0.717, 1.165) is 11.5 Å². The summed E-state index contributed by atoms with van der Waals surface area (Å²) >= 11 is 1.73. The van der Waals surface area contributed by atoms with Crippen LogP contribution in [0.5, 0.6) is 5.75 Å². The molecule has 0 saturated carbocycles. The van der Waals surface area contributed by atoms with Crippen LogP contribution in [0.15, 0.2) is 18.2 Å². The Hall–Kier alpha value is -0.780. The molecule has 3 nitrogen and oxygen atoms in total. The molecule has 5 heteroatoms. The average Bonchev–Trinajstić information content (AvgIpc) is 2.39. The zero-order valence-corrected chi connectivity index (χ0v) is 10.4. The zero-order valence-electron chi connectivity index (χ0n) is 9.56. The average molecular weight is 258 g/mol. The molecule has 1 fully saturated rings. The van der Waals surface area contributed by atoms with Crippen molar-refractivity contribution in [3.8, 4) is 5.75 Å². The molecule has 1 aromatic carbocycles. The Kier molecular flexibility index (Phi) is 4.25. The summed E-state index contributed by atoms with van der Waals surface area (Å²) in [5.41, 5.74) is 0.524. The van der Waals surface area contributed by atoms with E-state index in [0.29, 0.717) is 12.2 Å². The highest BCUT2D eigenvalue weighted by Gasteiger charge is 2.25. The standard InChI is InChI=1S/C12H15FO3S/c1-15-10-3-2-8(6-9(10)13)12(14)11-7-17-5-4-16-11/h2-3,6,11-12,14H,4-5,7H2,1H3. The molecule has 0 bridgehead atoms. The topological polar surface area (TPSA) is 38.7 Å². The third kappa shape index (κ3) is 2.91. The first-order chi connectivity index (χ1) is 8.22. The smallest absolute Gasteiger partial charge is 0.165 e. The molecule has 1 saturated heterocycles. The first-order valence-corrected chi connectivity index (χ1v) is 6.58. The van der Waals surface area contributed by atoms with E-state index >= 15 is 0 Å². The van der Waals surface area contributed by atoms with Crippen molar-refractivity contribution in [1.82, 2.24) is 0 Å². The molecular formula is C12H15FO3S. The summed E-state index contributed by atoms with van der Waals surface area (Å²) in [4.78, 5) is 0. The largest absolute Gasteiger partial charge is 0.494 e. The normalized spacial score (nSPS) is 22.2. The van der Waals surface area contributed by atoms with Gasteiger partial charge in [0, 0.05) is 11.5 Å². The Bertz CT molecular complexity index is 380. The number of rotatable bonds is 3. The van der Waals surface area contributed by atoms with E-state index in [9.17, 15) is 9.50 Å². The Balaban J connectivity index is 2.12. The van der Waals surface area contributed by atoms with Gasteiger partial charge in [0.2, 0.25) is 0 Å². The predicted octanol–water partition coefficient (Wildman–Crippen LogP) is 2.00. The van der Waals surface area contributed by atoms with Gasteiger partial charge in [-0.2, -0.15) is 11.8 Å². The number of aliphatic hydroxyl groups excluding tert-OH is 1. The van der Waals surface area contributed by atoms with Gasteiger partial charge in [0.05, 0.1) is 19.8 Å². The van der Waals surface area contributed by atoms with Crippen molar-refractivity contribution in [2.45, 2.75) is 12.2 Å². The number of ether oxygens (including phenoxy) is 2. The minimum atomic E-state index is -0.789. The Labute approximate surface area is 104 Å². The van der Waals surface area contributed by atoms with Gasteiger partial charge in [-0.25, -0.2) is 4.39 Å². The Morgan fingerprint density at radius 1 is 1.59 bits per heavy atom. The minimum Gasteiger partial charge on any atom is -0.494 e. The lowest BCUT2D eigenvalue weighted by Gasteiger charge is -2.27. The summed E-state index contributed by atoms with van der Waals surface area (Å²) in [6, 6.07) is 4.48. The number of hydrogen-bond donors (Lipinski definition) is 1. The Morgan fingerprint density at radius 3 is 3.00 bits per heavy atom. The van der Waals surface area contributed by atoms with Crippen LogP contribution in [0.4, 0.5) is 4.39 Å². The SMILES string of the molecule is COc1ccc(C(O)C2CSCCO2)cc1F. The second kappa shape index (κ2) is 5.71. The molecule has 1 aliphatic heterocycles. The van der Waals surface area contributed by atoms with Gasteiger partial charge < -0.3 is 14.6 Å². The molecular weight excluding hydrogens is 243 g/mol. The highest BCUT2D eigenvalue weighted by atomic mass is 32.2. The maximum Gasteiger partial charge on any atom is 0.165 e. The number of benzene rings is 1. The molecule has 2 rings (SSSR count). The molecule has 17 heavy (non-hydrogen) atoms. The molecule has 1 N–H and O–H groups in total. The highest BCUT2D eigenvalue weighted by molar-refractivity contribution is 7.99. The van der Waals surface area contributed by atoms with Crippen LogP contribution in [0.25, 0.3) is 0 Å². The predicted molar refractivity (Wildman–Crippen MR) is 65.0 cm³/mol. The zero-order chi connectivity index (χ0) is 12.3. The quantitative estimate of drug-likeness (QED) is 0.900. The lowest BCUT2D eigenvalue weighted by atomic mass is 10.0. The van der Waals surface area contributed by atoms with E-state index < -0.39 is 11.9 Å². The van der Waals surface area contributed by atoms with Crippen molar-refractivity contribution in [2.75, 3.05) is 25.2 Å². The molecule has 2 atom stereocenters. The summed E-state index contributed by atoms with van der Waals surface area (Å²) in [6.07, 6.45) is -1.05. The van der Waals surface area contributed by atoms with Gasteiger partial charge in [-0.15, -0.1) is 0 Å². The van der Waals surface area contributed by atoms with E-state index in [-0.39, 0.29) is 11.9 Å². The van der Waals surface area contributed by atoms with Crippen molar-refractivity contribution in [2.24, 2.45) is 0 Å². The van der Waals surface area contributed by atoms with Crippen LogP contribution >= 0.6 is 11.8 Å². The fourth-order valence-corrected chi connectivity index (χ4v) is 2.66. The number of thioether (sulfide) groups is 1. The summed E-state index contributed by atoms with van der Waals surface area (Å²) in [5, 5.41) is 10.1. The monoisotopic (exact) mass is 258 g/mol. The van der Waals surface area contributed by atoms with Gasteiger partial charge in [-0.1, -0.05) is 6.07 Å². The second-order valence-electron chi connectivity index (χ2n) is 3.82. The van der Waals surface area contributed by atoms with Crippen LogP contribution in [0, 0.1) is 5.82 Å². The van der Waals surface area contributed by atoms with E-state index in [1.54, 1.807) is 17.8 Å². The molecule has 1 aliphatic rings. The number of aliphatic hydroxyl groups is 1. The van der Waals surface area contributed by atoms with E-state index in [1.807, 2.05) is 0 Å². The number of methoxy groups -OCH3 is 1.